The number of para-hydroxylation sites is 2. The molecular weight excluding hydrogens is 525 g/mol. The van der Waals surface area contributed by atoms with E-state index < -0.39 is 11.7 Å². The molecule has 5 nitrogen and oxygen atoms in total. The van der Waals surface area contributed by atoms with Crippen LogP contribution in [0.25, 0.3) is 38.5 Å². The third-order valence-electron chi connectivity index (χ3n) is 6.70. The predicted octanol–water partition coefficient (Wildman–Crippen LogP) is 7.56. The van der Waals surface area contributed by atoms with Gasteiger partial charge in [0, 0.05) is 5.56 Å². The van der Waals surface area contributed by atoms with Crippen LogP contribution in [0.5, 0.6) is 11.5 Å². The third-order valence-corrected chi connectivity index (χ3v) is 7.72. The summed E-state index contributed by atoms with van der Waals surface area (Å²) >= 11 is 1.37. The molecule has 0 N–H and O–H groups in total. The number of hydrogen-bond donors (Lipinski definition) is 0. The van der Waals surface area contributed by atoms with Gasteiger partial charge in [0.1, 0.15) is 0 Å². The summed E-state index contributed by atoms with van der Waals surface area (Å²) in [6, 6.07) is 17.6. The first kappa shape index (κ1) is 25.2. The molecule has 0 spiro atoms. The van der Waals surface area contributed by atoms with Crippen LogP contribution >= 0.6 is 11.3 Å². The Morgan fingerprint density at radius 1 is 1.03 bits per heavy atom. The van der Waals surface area contributed by atoms with Crippen LogP contribution in [0.3, 0.4) is 0 Å². The third kappa shape index (κ3) is 4.90. The SMILES string of the molecule is COc1cccc(/C=C/c2nc3sc4ccccc4n3c(=O)c2-c2ccc(C(F)(F)F)cc2)c1OCC1CC1. The molecule has 0 unspecified atom stereocenters. The van der Waals surface area contributed by atoms with Gasteiger partial charge in [-0.05, 0) is 66.8 Å². The van der Waals surface area contributed by atoms with Gasteiger partial charge in [0.25, 0.3) is 5.56 Å². The molecule has 1 aliphatic rings. The summed E-state index contributed by atoms with van der Waals surface area (Å²) < 4.78 is 53.7. The Morgan fingerprint density at radius 3 is 2.51 bits per heavy atom. The van der Waals surface area contributed by atoms with Gasteiger partial charge in [0.15, 0.2) is 16.5 Å². The molecule has 0 aliphatic heterocycles. The lowest BCUT2D eigenvalue weighted by molar-refractivity contribution is -0.137. The molecule has 6 rings (SSSR count). The van der Waals surface area contributed by atoms with Gasteiger partial charge in [0.2, 0.25) is 0 Å². The summed E-state index contributed by atoms with van der Waals surface area (Å²) in [6.45, 7) is 0.589. The van der Waals surface area contributed by atoms with Gasteiger partial charge >= 0.3 is 6.18 Å². The lowest BCUT2D eigenvalue weighted by Crippen LogP contribution is -2.17. The number of halogens is 3. The van der Waals surface area contributed by atoms with E-state index in [1.165, 1.54) is 27.9 Å². The monoisotopic (exact) mass is 548 g/mol. The molecule has 3 aromatic carbocycles. The highest BCUT2D eigenvalue weighted by molar-refractivity contribution is 7.23. The van der Waals surface area contributed by atoms with Crippen LogP contribution in [0.1, 0.15) is 29.7 Å². The van der Waals surface area contributed by atoms with Crippen molar-refractivity contribution in [2.24, 2.45) is 5.92 Å². The molecule has 0 atom stereocenters. The molecule has 5 aromatic rings. The second-order valence-electron chi connectivity index (χ2n) is 9.41. The fourth-order valence-corrected chi connectivity index (χ4v) is 5.50. The molecule has 0 saturated heterocycles. The fraction of sp³-hybridized carbons (Fsp3) is 0.200. The Balaban J connectivity index is 1.51. The Bertz CT molecular complexity index is 1770. The Hall–Kier alpha value is -4.11. The molecule has 2 heterocycles. The first-order valence-electron chi connectivity index (χ1n) is 12.4. The summed E-state index contributed by atoms with van der Waals surface area (Å²) in [7, 11) is 1.58. The van der Waals surface area contributed by atoms with E-state index >= 15 is 0 Å². The van der Waals surface area contributed by atoms with Crippen molar-refractivity contribution in [1.82, 2.24) is 9.38 Å². The predicted molar refractivity (Wildman–Crippen MR) is 147 cm³/mol. The molecule has 0 bridgehead atoms. The van der Waals surface area contributed by atoms with E-state index in [1.54, 1.807) is 19.3 Å². The highest BCUT2D eigenvalue weighted by atomic mass is 32.1. The minimum atomic E-state index is -4.48. The molecule has 1 aliphatic carbocycles. The van der Waals surface area contributed by atoms with Crippen LogP contribution in [-0.2, 0) is 6.18 Å². The maximum absolute atomic E-state index is 13.9. The zero-order valence-corrected chi connectivity index (χ0v) is 21.7. The topological polar surface area (TPSA) is 52.8 Å². The minimum Gasteiger partial charge on any atom is -0.493 e. The maximum Gasteiger partial charge on any atom is 0.416 e. The summed E-state index contributed by atoms with van der Waals surface area (Å²) in [5.74, 6) is 1.72. The van der Waals surface area contributed by atoms with Crippen molar-refractivity contribution >= 4 is 38.7 Å². The normalized spacial score (nSPS) is 13.9. The molecule has 0 amide bonds. The van der Waals surface area contributed by atoms with Crippen molar-refractivity contribution in [3.8, 4) is 22.6 Å². The number of hydrogen-bond acceptors (Lipinski definition) is 5. The molecule has 1 fully saturated rings. The number of aromatic nitrogens is 2. The Kier molecular flexibility index (Phi) is 6.38. The van der Waals surface area contributed by atoms with Crippen molar-refractivity contribution in [3.05, 3.63) is 93.9 Å². The number of benzene rings is 3. The van der Waals surface area contributed by atoms with Gasteiger partial charge in [-0.25, -0.2) is 4.98 Å². The summed E-state index contributed by atoms with van der Waals surface area (Å²) in [4.78, 5) is 19.2. The molecule has 9 heteroatoms. The molecule has 2 aromatic heterocycles. The first-order chi connectivity index (χ1) is 18.8. The quantitative estimate of drug-likeness (QED) is 0.211. The molecule has 1 saturated carbocycles. The minimum absolute atomic E-state index is 0.212. The standard InChI is InChI=1S/C30H23F3N2O3S/c1-37-24-7-4-5-20(27(24)38-17-18-9-10-18)13-16-22-26(19-11-14-21(15-12-19)30(31,32)33)28(36)35-23-6-2-3-8-25(23)39-29(35)34-22/h2-8,11-16,18H,9-10,17H2,1H3/b16-13+. The fourth-order valence-electron chi connectivity index (χ4n) is 4.48. The number of thiazole rings is 1. The van der Waals surface area contributed by atoms with Crippen molar-refractivity contribution in [1.29, 1.82) is 0 Å². The molecular formula is C30H23F3N2O3S. The second kappa shape index (κ2) is 9.89. The lowest BCUT2D eigenvalue weighted by Gasteiger charge is -2.13. The van der Waals surface area contributed by atoms with Crippen LogP contribution in [0.4, 0.5) is 13.2 Å². The van der Waals surface area contributed by atoms with Gasteiger partial charge in [-0.15, -0.1) is 0 Å². The molecule has 198 valence electrons. The zero-order valence-electron chi connectivity index (χ0n) is 20.9. The van der Waals surface area contributed by atoms with Crippen LogP contribution in [0.15, 0.2) is 71.5 Å². The van der Waals surface area contributed by atoms with Crippen molar-refractivity contribution in [2.75, 3.05) is 13.7 Å². The summed E-state index contributed by atoms with van der Waals surface area (Å²) in [6.07, 6.45) is 1.30. The zero-order chi connectivity index (χ0) is 27.1. The van der Waals surface area contributed by atoms with Crippen LogP contribution in [0.2, 0.25) is 0 Å². The molecule has 0 radical (unpaired) electrons. The van der Waals surface area contributed by atoms with Gasteiger partial charge in [-0.3, -0.25) is 9.20 Å². The highest BCUT2D eigenvalue weighted by Crippen LogP contribution is 2.37. The Morgan fingerprint density at radius 2 is 1.79 bits per heavy atom. The van der Waals surface area contributed by atoms with Crippen molar-refractivity contribution < 1.29 is 22.6 Å². The van der Waals surface area contributed by atoms with Crippen molar-refractivity contribution in [3.63, 3.8) is 0 Å². The van der Waals surface area contributed by atoms with E-state index in [0.717, 1.165) is 35.2 Å². The lowest BCUT2D eigenvalue weighted by atomic mass is 10.0. The van der Waals surface area contributed by atoms with E-state index in [1.807, 2.05) is 42.5 Å². The van der Waals surface area contributed by atoms with Gasteiger partial charge < -0.3 is 9.47 Å². The number of ether oxygens (including phenoxy) is 2. The summed E-state index contributed by atoms with van der Waals surface area (Å²) in [5.41, 5.74) is 1.21. The number of nitrogens with zero attached hydrogens (tertiary/aromatic N) is 2. The van der Waals surface area contributed by atoms with Gasteiger partial charge in [0.05, 0.1) is 40.8 Å². The van der Waals surface area contributed by atoms with Crippen molar-refractivity contribution in [2.45, 2.75) is 19.0 Å². The second-order valence-corrected chi connectivity index (χ2v) is 10.4. The van der Waals surface area contributed by atoms with Crippen LogP contribution in [0, 0.1) is 5.92 Å². The summed E-state index contributed by atoms with van der Waals surface area (Å²) in [5, 5.41) is 0. The van der Waals surface area contributed by atoms with Gasteiger partial charge in [-0.2, -0.15) is 13.2 Å². The van der Waals surface area contributed by atoms with Crippen LogP contribution in [-0.4, -0.2) is 23.1 Å². The van der Waals surface area contributed by atoms with E-state index in [-0.39, 0.29) is 11.1 Å². The number of methoxy groups -OCH3 is 1. The number of alkyl halides is 3. The van der Waals surface area contributed by atoms with E-state index in [4.69, 9.17) is 14.5 Å². The first-order valence-corrected chi connectivity index (χ1v) is 13.2. The van der Waals surface area contributed by atoms with E-state index in [2.05, 4.69) is 0 Å². The smallest absolute Gasteiger partial charge is 0.416 e. The van der Waals surface area contributed by atoms with Gasteiger partial charge in [-0.1, -0.05) is 47.7 Å². The van der Waals surface area contributed by atoms with E-state index in [0.29, 0.717) is 45.8 Å². The van der Waals surface area contributed by atoms with Crippen LogP contribution < -0.4 is 15.0 Å². The highest BCUT2D eigenvalue weighted by Gasteiger charge is 2.30. The number of fused-ring (bicyclic) bond motifs is 3. The number of rotatable bonds is 7. The maximum atomic E-state index is 13.9. The Labute approximate surface area is 225 Å². The average Bonchev–Trinajstić information content (AvgIpc) is 3.68. The van der Waals surface area contributed by atoms with E-state index in [9.17, 15) is 18.0 Å². The largest absolute Gasteiger partial charge is 0.493 e. The average molecular weight is 549 g/mol. The molecule has 39 heavy (non-hydrogen) atoms.